The summed E-state index contributed by atoms with van der Waals surface area (Å²) in [5.74, 6) is -0.569. The second-order valence-corrected chi connectivity index (χ2v) is 15.0. The summed E-state index contributed by atoms with van der Waals surface area (Å²) < 4.78 is 39.2. The zero-order valence-electron chi connectivity index (χ0n) is 24.5. The number of aromatic nitrogens is 2. The third kappa shape index (κ3) is 6.38. The molecule has 3 heterocycles. The molecule has 2 aromatic rings. The van der Waals surface area contributed by atoms with Gasteiger partial charge in [-0.05, 0) is 68.7 Å². The SMILES string of the molecule is CCn1nc(CC(C)(C)COC(=O)c2ccc(S(=O)(=O)C3CCCCC3)cc2)c2c1C(=O)NCC1(CCOCC1)C2. The number of rotatable bonds is 8. The predicted molar refractivity (Wildman–Crippen MR) is 155 cm³/mol. The normalized spacial score (nSPS) is 19.8. The summed E-state index contributed by atoms with van der Waals surface area (Å²) in [5.41, 5.74) is 2.36. The number of amides is 1. The molecule has 3 aliphatic rings. The number of hydrogen-bond donors (Lipinski definition) is 1. The van der Waals surface area contributed by atoms with Crippen molar-refractivity contribution in [1.82, 2.24) is 15.1 Å². The fraction of sp³-hybridized carbons (Fsp3) is 0.645. The van der Waals surface area contributed by atoms with Crippen LogP contribution in [0.2, 0.25) is 0 Å². The van der Waals surface area contributed by atoms with E-state index in [0.29, 0.717) is 56.8 Å². The summed E-state index contributed by atoms with van der Waals surface area (Å²) in [7, 11) is -3.40. The van der Waals surface area contributed by atoms with E-state index in [1.165, 1.54) is 12.1 Å². The van der Waals surface area contributed by atoms with Gasteiger partial charge in [0.05, 0.1) is 28.0 Å². The molecule has 41 heavy (non-hydrogen) atoms. The van der Waals surface area contributed by atoms with Crippen molar-refractivity contribution in [3.8, 4) is 0 Å². The summed E-state index contributed by atoms with van der Waals surface area (Å²) >= 11 is 0. The largest absolute Gasteiger partial charge is 0.462 e. The number of carbonyl (C=O) groups excluding carboxylic acids is 2. The first-order valence-electron chi connectivity index (χ1n) is 15.0. The van der Waals surface area contributed by atoms with Crippen LogP contribution in [-0.4, -0.2) is 61.7 Å². The number of esters is 1. The predicted octanol–water partition coefficient (Wildman–Crippen LogP) is 4.52. The maximum atomic E-state index is 13.1. The molecule has 2 aliphatic heterocycles. The third-order valence-corrected chi connectivity index (χ3v) is 11.3. The minimum absolute atomic E-state index is 0.0389. The Bertz CT molecular complexity index is 1370. The molecule has 1 amide bonds. The molecule has 2 fully saturated rings. The highest BCUT2D eigenvalue weighted by molar-refractivity contribution is 7.92. The van der Waals surface area contributed by atoms with Crippen LogP contribution in [-0.2, 0) is 38.7 Å². The molecule has 0 bridgehead atoms. The van der Waals surface area contributed by atoms with E-state index < -0.39 is 21.2 Å². The van der Waals surface area contributed by atoms with Crippen LogP contribution in [0.1, 0.15) is 97.8 Å². The maximum absolute atomic E-state index is 13.1. The van der Waals surface area contributed by atoms with E-state index in [1.54, 1.807) is 16.8 Å². The Kier molecular flexibility index (Phi) is 8.62. The van der Waals surface area contributed by atoms with Gasteiger partial charge in [-0.25, -0.2) is 13.2 Å². The lowest BCUT2D eigenvalue weighted by Gasteiger charge is -2.36. The first-order chi connectivity index (χ1) is 19.5. The smallest absolute Gasteiger partial charge is 0.338 e. The Morgan fingerprint density at radius 2 is 1.83 bits per heavy atom. The molecule has 1 saturated carbocycles. The monoisotopic (exact) mass is 585 g/mol. The highest BCUT2D eigenvalue weighted by atomic mass is 32.2. The second-order valence-electron chi connectivity index (χ2n) is 12.8. The number of ether oxygens (including phenoxy) is 2. The molecular formula is C31H43N3O6S. The topological polar surface area (TPSA) is 117 Å². The molecule has 10 heteroatoms. The quantitative estimate of drug-likeness (QED) is 0.453. The van der Waals surface area contributed by atoms with Gasteiger partial charge >= 0.3 is 5.97 Å². The Labute approximate surface area is 243 Å². The average Bonchev–Trinajstić information content (AvgIpc) is 3.24. The van der Waals surface area contributed by atoms with Crippen molar-refractivity contribution in [2.75, 3.05) is 26.4 Å². The van der Waals surface area contributed by atoms with Crippen molar-refractivity contribution in [3.05, 3.63) is 46.8 Å². The van der Waals surface area contributed by atoms with Crippen molar-refractivity contribution in [1.29, 1.82) is 0 Å². The number of benzene rings is 1. The van der Waals surface area contributed by atoms with Gasteiger partial charge in [0.15, 0.2) is 9.84 Å². The standard InChI is InChI=1S/C31H43N3O6S/c1-4-34-27-25(18-31(20-32-28(27)35)14-16-39-17-15-31)26(33-34)19-30(2,3)21-40-29(36)22-10-12-24(13-11-22)41(37,38)23-8-6-5-7-9-23/h10-13,23H,4-9,14-21H2,1-3H3,(H,32,35). The van der Waals surface area contributed by atoms with Gasteiger partial charge in [0.2, 0.25) is 0 Å². The summed E-state index contributed by atoms with van der Waals surface area (Å²) in [6, 6.07) is 6.13. The molecule has 1 aromatic heterocycles. The number of aryl methyl sites for hydroxylation is 1. The van der Waals surface area contributed by atoms with Crippen molar-refractivity contribution < 1.29 is 27.5 Å². The van der Waals surface area contributed by atoms with Crippen LogP contribution in [0, 0.1) is 10.8 Å². The number of sulfone groups is 1. The lowest BCUT2D eigenvalue weighted by Crippen LogP contribution is -2.40. The van der Waals surface area contributed by atoms with Crippen LogP contribution < -0.4 is 5.32 Å². The number of hydrogen-bond acceptors (Lipinski definition) is 7. The van der Waals surface area contributed by atoms with E-state index in [2.05, 4.69) is 5.32 Å². The van der Waals surface area contributed by atoms with E-state index in [-0.39, 0.29) is 28.1 Å². The van der Waals surface area contributed by atoms with Crippen molar-refractivity contribution >= 4 is 21.7 Å². The van der Waals surface area contributed by atoms with Gasteiger partial charge in [0.1, 0.15) is 5.69 Å². The second kappa shape index (κ2) is 11.9. The van der Waals surface area contributed by atoms with Crippen molar-refractivity contribution in [3.63, 3.8) is 0 Å². The van der Waals surface area contributed by atoms with Gasteiger partial charge in [-0.1, -0.05) is 33.1 Å². The average molecular weight is 586 g/mol. The maximum Gasteiger partial charge on any atom is 0.338 e. The first kappa shape index (κ1) is 29.8. The molecule has 224 valence electrons. The minimum atomic E-state index is -3.40. The Balaban J connectivity index is 1.27. The van der Waals surface area contributed by atoms with E-state index in [0.717, 1.165) is 49.8 Å². The number of fused-ring (bicyclic) bond motifs is 1. The Morgan fingerprint density at radius 3 is 2.49 bits per heavy atom. The zero-order chi connectivity index (χ0) is 29.3. The first-order valence-corrected chi connectivity index (χ1v) is 16.5. The molecule has 1 spiro atoms. The zero-order valence-corrected chi connectivity index (χ0v) is 25.4. The molecule has 5 rings (SSSR count). The Morgan fingerprint density at radius 1 is 1.15 bits per heavy atom. The van der Waals surface area contributed by atoms with Gasteiger partial charge in [-0.15, -0.1) is 0 Å². The van der Waals surface area contributed by atoms with E-state index in [9.17, 15) is 18.0 Å². The molecule has 0 radical (unpaired) electrons. The molecule has 0 atom stereocenters. The molecule has 1 aromatic carbocycles. The van der Waals surface area contributed by atoms with Crippen LogP contribution in [0.15, 0.2) is 29.2 Å². The highest BCUT2D eigenvalue weighted by Gasteiger charge is 2.40. The molecule has 1 saturated heterocycles. The summed E-state index contributed by atoms with van der Waals surface area (Å²) in [6.07, 6.45) is 7.46. The highest BCUT2D eigenvalue weighted by Crippen LogP contribution is 2.39. The van der Waals surface area contributed by atoms with Crippen LogP contribution in [0.25, 0.3) is 0 Å². The van der Waals surface area contributed by atoms with Gasteiger partial charge in [-0.2, -0.15) is 5.10 Å². The van der Waals surface area contributed by atoms with Gasteiger partial charge in [-0.3, -0.25) is 9.48 Å². The van der Waals surface area contributed by atoms with Gasteiger partial charge < -0.3 is 14.8 Å². The molecule has 0 unspecified atom stereocenters. The van der Waals surface area contributed by atoms with Gasteiger partial charge in [0, 0.05) is 43.7 Å². The summed E-state index contributed by atoms with van der Waals surface area (Å²) in [6.45, 7) is 8.80. The molecular weight excluding hydrogens is 542 g/mol. The van der Waals surface area contributed by atoms with Crippen LogP contribution in [0.3, 0.4) is 0 Å². The lowest BCUT2D eigenvalue weighted by molar-refractivity contribution is 0.0159. The summed E-state index contributed by atoms with van der Waals surface area (Å²) in [5, 5.41) is 7.65. The van der Waals surface area contributed by atoms with Crippen molar-refractivity contribution in [2.24, 2.45) is 10.8 Å². The number of carbonyl (C=O) groups is 2. The van der Waals surface area contributed by atoms with E-state index >= 15 is 0 Å². The molecule has 9 nitrogen and oxygen atoms in total. The summed E-state index contributed by atoms with van der Waals surface area (Å²) in [4.78, 5) is 26.3. The minimum Gasteiger partial charge on any atom is -0.462 e. The van der Waals surface area contributed by atoms with Gasteiger partial charge in [0.25, 0.3) is 5.91 Å². The van der Waals surface area contributed by atoms with Crippen LogP contribution >= 0.6 is 0 Å². The Hall–Kier alpha value is -2.72. The van der Waals surface area contributed by atoms with E-state index in [4.69, 9.17) is 14.6 Å². The number of nitrogens with one attached hydrogen (secondary N) is 1. The van der Waals surface area contributed by atoms with Crippen LogP contribution in [0.5, 0.6) is 0 Å². The fourth-order valence-electron chi connectivity index (χ4n) is 6.50. The molecule has 1 aliphatic carbocycles. The van der Waals surface area contributed by atoms with Crippen molar-refractivity contribution in [2.45, 2.75) is 95.2 Å². The third-order valence-electron chi connectivity index (χ3n) is 9.03. The molecule has 1 N–H and O–H groups in total. The van der Waals surface area contributed by atoms with E-state index in [1.807, 2.05) is 20.8 Å². The fourth-order valence-corrected chi connectivity index (χ4v) is 8.36. The number of nitrogens with zero attached hydrogens (tertiary/aromatic N) is 2. The van der Waals surface area contributed by atoms with Crippen LogP contribution in [0.4, 0.5) is 0 Å². The lowest BCUT2D eigenvalue weighted by atomic mass is 9.74.